The van der Waals surface area contributed by atoms with E-state index in [1.165, 1.54) is 0 Å². The van der Waals surface area contributed by atoms with Gasteiger partial charge in [0.15, 0.2) is 0 Å². The molecule has 0 fully saturated rings. The molecule has 0 atom stereocenters. The molecule has 0 saturated carbocycles. The maximum absolute atomic E-state index is 12.6. The van der Waals surface area contributed by atoms with Gasteiger partial charge in [0.1, 0.15) is 0 Å². The summed E-state index contributed by atoms with van der Waals surface area (Å²) in [7, 11) is 0. The number of benzene rings is 2. The van der Waals surface area contributed by atoms with Gasteiger partial charge in [-0.05, 0) is 38.8 Å². The van der Waals surface area contributed by atoms with E-state index in [0.717, 1.165) is 11.1 Å². The van der Waals surface area contributed by atoms with Crippen molar-refractivity contribution >= 4 is 5.78 Å². The lowest BCUT2D eigenvalue weighted by Crippen LogP contribution is -2.32. The lowest BCUT2D eigenvalue weighted by molar-refractivity contribution is -0.152. The zero-order chi connectivity index (χ0) is 16.8. The first kappa shape index (κ1) is 17.4. The number of ether oxygens (including phenoxy) is 2. The number of carbonyl (C=O) groups excluding carboxylic acids is 1. The van der Waals surface area contributed by atoms with E-state index in [4.69, 9.17) is 9.47 Å². The molecule has 0 unspecified atom stereocenters. The molecular formula is C20H24O3. The minimum absolute atomic E-state index is 0.0775. The molecule has 0 spiro atoms. The van der Waals surface area contributed by atoms with Crippen LogP contribution in [-0.2, 0) is 9.47 Å². The average Bonchev–Trinajstić information content (AvgIpc) is 2.54. The molecule has 2 aromatic carbocycles. The van der Waals surface area contributed by atoms with Crippen LogP contribution in [0.3, 0.4) is 0 Å². The monoisotopic (exact) mass is 312 g/mol. The average molecular weight is 312 g/mol. The summed E-state index contributed by atoms with van der Waals surface area (Å²) in [6, 6.07) is 17.6. The molecule has 3 heteroatoms. The Balaban J connectivity index is 2.17. The van der Waals surface area contributed by atoms with Gasteiger partial charge < -0.3 is 9.47 Å². The molecule has 0 aromatic heterocycles. The van der Waals surface area contributed by atoms with Crippen molar-refractivity contribution in [2.24, 2.45) is 0 Å². The van der Waals surface area contributed by atoms with Crippen LogP contribution in [0.5, 0.6) is 0 Å². The van der Waals surface area contributed by atoms with Gasteiger partial charge in [-0.25, -0.2) is 0 Å². The van der Waals surface area contributed by atoms with E-state index >= 15 is 0 Å². The van der Waals surface area contributed by atoms with Gasteiger partial charge in [0.25, 0.3) is 0 Å². The Kier molecular flexibility index (Phi) is 6.08. The number of rotatable bonds is 7. The largest absolute Gasteiger partial charge is 0.343 e. The van der Waals surface area contributed by atoms with Crippen LogP contribution < -0.4 is 0 Å². The zero-order valence-electron chi connectivity index (χ0n) is 14.2. The van der Waals surface area contributed by atoms with E-state index in [1.807, 2.05) is 82.3 Å². The maximum Gasteiger partial charge on any atom is 0.223 e. The molecule has 122 valence electrons. The Labute approximate surface area is 138 Å². The maximum atomic E-state index is 12.6. The van der Waals surface area contributed by atoms with Crippen LogP contribution in [0.15, 0.2) is 54.6 Å². The number of hydrogen-bond donors (Lipinski definition) is 0. The van der Waals surface area contributed by atoms with Crippen molar-refractivity contribution in [3.8, 4) is 11.1 Å². The first-order chi connectivity index (χ1) is 11.0. The number of hydrogen-bond acceptors (Lipinski definition) is 3. The van der Waals surface area contributed by atoms with Gasteiger partial charge in [-0.1, -0.05) is 54.6 Å². The van der Waals surface area contributed by atoms with Crippen molar-refractivity contribution < 1.29 is 14.3 Å². The summed E-state index contributed by atoms with van der Waals surface area (Å²) in [6.07, 6.45) is -1.02. The summed E-state index contributed by atoms with van der Waals surface area (Å²) in [5.41, 5.74) is 2.80. The second-order valence-corrected chi connectivity index (χ2v) is 6.01. The normalized spacial score (nSPS) is 11.4. The first-order valence-electron chi connectivity index (χ1n) is 7.98. The molecule has 0 bridgehead atoms. The molecule has 0 amide bonds. The molecule has 0 heterocycles. The molecule has 2 rings (SSSR count). The van der Waals surface area contributed by atoms with Crippen LogP contribution in [-0.4, -0.2) is 24.3 Å². The highest BCUT2D eigenvalue weighted by molar-refractivity contribution is 5.99. The zero-order valence-corrected chi connectivity index (χ0v) is 14.2. The summed E-state index contributed by atoms with van der Waals surface area (Å²) in [5.74, 6) is -0.146. The topological polar surface area (TPSA) is 35.5 Å². The van der Waals surface area contributed by atoms with Crippen molar-refractivity contribution in [3.63, 3.8) is 0 Å². The van der Waals surface area contributed by atoms with Gasteiger partial charge in [-0.2, -0.15) is 0 Å². The van der Waals surface area contributed by atoms with E-state index in [0.29, 0.717) is 5.56 Å². The fourth-order valence-corrected chi connectivity index (χ4v) is 2.24. The van der Waals surface area contributed by atoms with Crippen molar-refractivity contribution in [2.75, 3.05) is 0 Å². The van der Waals surface area contributed by atoms with E-state index in [2.05, 4.69) is 0 Å². The minimum atomic E-state index is -0.863. The molecule has 0 aliphatic heterocycles. The van der Waals surface area contributed by atoms with E-state index in [-0.39, 0.29) is 18.0 Å². The Bertz CT molecular complexity index is 605. The van der Waals surface area contributed by atoms with Crippen LogP contribution in [0.25, 0.3) is 11.1 Å². The minimum Gasteiger partial charge on any atom is -0.343 e. The van der Waals surface area contributed by atoms with Gasteiger partial charge in [-0.3, -0.25) is 4.79 Å². The van der Waals surface area contributed by atoms with Crippen molar-refractivity contribution in [2.45, 2.75) is 46.2 Å². The number of ketones is 1. The predicted molar refractivity (Wildman–Crippen MR) is 92.4 cm³/mol. The Morgan fingerprint density at radius 2 is 1.22 bits per heavy atom. The Morgan fingerprint density at radius 3 is 1.70 bits per heavy atom. The third-order valence-corrected chi connectivity index (χ3v) is 3.28. The van der Waals surface area contributed by atoms with E-state index < -0.39 is 6.29 Å². The molecule has 0 aliphatic carbocycles. The second kappa shape index (κ2) is 8.04. The summed E-state index contributed by atoms with van der Waals surface area (Å²) >= 11 is 0. The second-order valence-electron chi connectivity index (χ2n) is 6.01. The van der Waals surface area contributed by atoms with Crippen LogP contribution in [0.1, 0.15) is 38.1 Å². The molecular weight excluding hydrogens is 288 g/mol. The van der Waals surface area contributed by atoms with Gasteiger partial charge in [0, 0.05) is 5.56 Å². The molecule has 0 aliphatic rings. The van der Waals surface area contributed by atoms with Crippen molar-refractivity contribution in [1.82, 2.24) is 0 Å². The fraction of sp³-hybridized carbons (Fsp3) is 0.350. The molecule has 23 heavy (non-hydrogen) atoms. The van der Waals surface area contributed by atoms with Crippen LogP contribution in [0.2, 0.25) is 0 Å². The molecule has 2 aromatic rings. The predicted octanol–water partition coefficient (Wildman–Crippen LogP) is 4.71. The molecule has 0 saturated heterocycles. The molecule has 3 nitrogen and oxygen atoms in total. The third kappa shape index (κ3) is 5.02. The Hall–Kier alpha value is -1.97. The third-order valence-electron chi connectivity index (χ3n) is 3.28. The SMILES string of the molecule is CC(C)OC(OC(C)C)C(=O)c1ccc(-c2ccccc2)cc1. The summed E-state index contributed by atoms with van der Waals surface area (Å²) in [5, 5.41) is 0. The number of Topliss-reactive ketones (excluding diaryl/α,β-unsaturated/α-hetero) is 1. The van der Waals surface area contributed by atoms with Gasteiger partial charge >= 0.3 is 0 Å². The van der Waals surface area contributed by atoms with Gasteiger partial charge in [-0.15, -0.1) is 0 Å². The fourth-order valence-electron chi connectivity index (χ4n) is 2.24. The van der Waals surface area contributed by atoms with E-state index in [1.54, 1.807) is 0 Å². The van der Waals surface area contributed by atoms with Crippen LogP contribution in [0, 0.1) is 0 Å². The van der Waals surface area contributed by atoms with Crippen LogP contribution in [0.4, 0.5) is 0 Å². The van der Waals surface area contributed by atoms with Crippen molar-refractivity contribution in [3.05, 3.63) is 60.2 Å². The standard InChI is InChI=1S/C20H24O3/c1-14(2)22-20(23-15(3)4)19(21)18-12-10-17(11-13-18)16-8-6-5-7-9-16/h5-15,20H,1-4H3. The number of carbonyl (C=O) groups is 1. The highest BCUT2D eigenvalue weighted by atomic mass is 16.7. The van der Waals surface area contributed by atoms with Gasteiger partial charge in [0.05, 0.1) is 12.2 Å². The highest BCUT2D eigenvalue weighted by Crippen LogP contribution is 2.20. The van der Waals surface area contributed by atoms with Crippen LogP contribution >= 0.6 is 0 Å². The lowest BCUT2D eigenvalue weighted by Gasteiger charge is -2.22. The molecule has 0 radical (unpaired) electrons. The van der Waals surface area contributed by atoms with Gasteiger partial charge in [0.2, 0.25) is 12.1 Å². The van der Waals surface area contributed by atoms with Crippen molar-refractivity contribution in [1.29, 1.82) is 0 Å². The first-order valence-corrected chi connectivity index (χ1v) is 7.98. The summed E-state index contributed by atoms with van der Waals surface area (Å²) in [6.45, 7) is 7.57. The lowest BCUT2D eigenvalue weighted by atomic mass is 10.0. The molecule has 0 N–H and O–H groups in total. The Morgan fingerprint density at radius 1 is 0.739 bits per heavy atom. The smallest absolute Gasteiger partial charge is 0.223 e. The quantitative estimate of drug-likeness (QED) is 0.548. The summed E-state index contributed by atoms with van der Waals surface area (Å²) < 4.78 is 11.2. The van der Waals surface area contributed by atoms with E-state index in [9.17, 15) is 4.79 Å². The highest BCUT2D eigenvalue weighted by Gasteiger charge is 2.24. The summed E-state index contributed by atoms with van der Waals surface area (Å²) in [4.78, 5) is 12.6.